The molecule has 1 saturated heterocycles. The first-order chi connectivity index (χ1) is 9.17. The van der Waals surface area contributed by atoms with Gasteiger partial charge in [-0.3, -0.25) is 4.79 Å². The summed E-state index contributed by atoms with van der Waals surface area (Å²) in [6.07, 6.45) is 2.97. The zero-order valence-corrected chi connectivity index (χ0v) is 11.4. The first-order valence-electron chi connectivity index (χ1n) is 6.66. The van der Waals surface area contributed by atoms with Crippen molar-refractivity contribution in [3.63, 3.8) is 0 Å². The molecule has 0 bridgehead atoms. The molecule has 1 aromatic carbocycles. The van der Waals surface area contributed by atoms with Crippen molar-refractivity contribution in [1.82, 2.24) is 5.32 Å². The molecule has 1 amide bonds. The van der Waals surface area contributed by atoms with Crippen LogP contribution in [-0.4, -0.2) is 25.5 Å². The lowest BCUT2D eigenvalue weighted by molar-refractivity contribution is -0.122. The van der Waals surface area contributed by atoms with Gasteiger partial charge in [0.25, 0.3) is 0 Å². The van der Waals surface area contributed by atoms with E-state index >= 15 is 0 Å². The zero-order chi connectivity index (χ0) is 13.8. The molecule has 0 aliphatic carbocycles. The van der Waals surface area contributed by atoms with Crippen LogP contribution in [0.3, 0.4) is 0 Å². The predicted molar refractivity (Wildman–Crippen MR) is 74.9 cm³/mol. The second-order valence-electron chi connectivity index (χ2n) is 4.95. The summed E-state index contributed by atoms with van der Waals surface area (Å²) in [6.45, 7) is 2.80. The highest BCUT2D eigenvalue weighted by molar-refractivity contribution is 5.85. The number of aryl methyl sites for hydroxylation is 1. The number of benzene rings is 1. The maximum absolute atomic E-state index is 12.0. The molecule has 1 N–H and O–H groups in total. The van der Waals surface area contributed by atoms with Crippen LogP contribution in [0.2, 0.25) is 0 Å². The fraction of sp³-hybridized carbons (Fsp3) is 0.467. The van der Waals surface area contributed by atoms with Crippen LogP contribution in [0.25, 0.3) is 0 Å². The van der Waals surface area contributed by atoms with Gasteiger partial charge in [0.2, 0.25) is 5.91 Å². The Bertz CT molecular complexity index is 519. The van der Waals surface area contributed by atoms with Crippen molar-refractivity contribution in [1.29, 1.82) is 5.26 Å². The second kappa shape index (κ2) is 5.75. The Kier molecular flexibility index (Phi) is 4.06. The Labute approximate surface area is 114 Å². The molecule has 1 atom stereocenters. The lowest BCUT2D eigenvalue weighted by Gasteiger charge is -2.36. The largest absolute Gasteiger partial charge is 0.358 e. The molecule has 2 rings (SSSR count). The Morgan fingerprint density at radius 2 is 2.26 bits per heavy atom. The van der Waals surface area contributed by atoms with E-state index in [1.807, 2.05) is 25.1 Å². The summed E-state index contributed by atoms with van der Waals surface area (Å²) in [5, 5.41) is 12.0. The topological polar surface area (TPSA) is 56.1 Å². The van der Waals surface area contributed by atoms with Gasteiger partial charge in [0.1, 0.15) is 12.1 Å². The molecule has 1 unspecified atom stereocenters. The first-order valence-corrected chi connectivity index (χ1v) is 6.66. The highest BCUT2D eigenvalue weighted by Crippen LogP contribution is 2.28. The van der Waals surface area contributed by atoms with Gasteiger partial charge < -0.3 is 10.2 Å². The van der Waals surface area contributed by atoms with Crippen LogP contribution in [0.1, 0.15) is 30.4 Å². The minimum atomic E-state index is -0.159. The minimum absolute atomic E-state index is 0.0316. The lowest BCUT2D eigenvalue weighted by Crippen LogP contribution is -2.49. The monoisotopic (exact) mass is 257 g/mol. The highest BCUT2D eigenvalue weighted by atomic mass is 16.2. The van der Waals surface area contributed by atoms with Gasteiger partial charge in [0, 0.05) is 13.6 Å². The van der Waals surface area contributed by atoms with E-state index in [2.05, 4.69) is 16.3 Å². The first kappa shape index (κ1) is 13.4. The predicted octanol–water partition coefficient (Wildman–Crippen LogP) is 1.97. The van der Waals surface area contributed by atoms with Gasteiger partial charge in [-0.25, -0.2) is 0 Å². The maximum Gasteiger partial charge on any atom is 0.242 e. The van der Waals surface area contributed by atoms with Crippen LogP contribution in [-0.2, 0) is 4.79 Å². The maximum atomic E-state index is 12.0. The van der Waals surface area contributed by atoms with Gasteiger partial charge in [-0.05, 0) is 43.9 Å². The van der Waals surface area contributed by atoms with E-state index in [1.54, 1.807) is 7.05 Å². The Morgan fingerprint density at radius 3 is 2.95 bits per heavy atom. The number of piperidine rings is 1. The van der Waals surface area contributed by atoms with Crippen LogP contribution >= 0.6 is 0 Å². The van der Waals surface area contributed by atoms with E-state index in [4.69, 9.17) is 0 Å². The molecule has 1 aromatic rings. The molecule has 4 nitrogen and oxygen atoms in total. The van der Waals surface area contributed by atoms with Crippen molar-refractivity contribution in [3.05, 3.63) is 29.3 Å². The standard InChI is InChI=1S/C15H19N3O/c1-11-6-7-13(12(9-11)10-16)18-8-4-3-5-14(18)15(19)17-2/h6-7,9,14H,3-5,8H2,1-2H3,(H,17,19). The SMILES string of the molecule is CNC(=O)C1CCCCN1c1ccc(C)cc1C#N. The van der Waals surface area contributed by atoms with Gasteiger partial charge in [0.15, 0.2) is 0 Å². The average molecular weight is 257 g/mol. The molecule has 0 aromatic heterocycles. The number of carbonyl (C=O) groups is 1. The third kappa shape index (κ3) is 2.70. The Balaban J connectivity index is 2.38. The number of amides is 1. The van der Waals surface area contributed by atoms with E-state index in [0.717, 1.165) is 37.1 Å². The van der Waals surface area contributed by atoms with Crippen LogP contribution in [0.5, 0.6) is 0 Å². The summed E-state index contributed by atoms with van der Waals surface area (Å²) in [6, 6.07) is 7.90. The van der Waals surface area contributed by atoms with E-state index in [0.29, 0.717) is 5.56 Å². The highest BCUT2D eigenvalue weighted by Gasteiger charge is 2.29. The van der Waals surface area contributed by atoms with Crippen molar-refractivity contribution >= 4 is 11.6 Å². The number of hydrogen-bond donors (Lipinski definition) is 1. The van der Waals surface area contributed by atoms with Gasteiger partial charge in [-0.1, -0.05) is 6.07 Å². The van der Waals surface area contributed by atoms with Gasteiger partial charge in [-0.15, -0.1) is 0 Å². The van der Waals surface area contributed by atoms with Crippen molar-refractivity contribution in [3.8, 4) is 6.07 Å². The molecule has 0 radical (unpaired) electrons. The van der Waals surface area contributed by atoms with Gasteiger partial charge >= 0.3 is 0 Å². The third-order valence-corrected chi connectivity index (χ3v) is 3.63. The number of anilines is 1. The zero-order valence-electron chi connectivity index (χ0n) is 11.4. The molecule has 0 spiro atoms. The van der Waals surface area contributed by atoms with E-state index in [-0.39, 0.29) is 11.9 Å². The van der Waals surface area contributed by atoms with E-state index < -0.39 is 0 Å². The lowest BCUT2D eigenvalue weighted by atomic mass is 9.98. The molecule has 4 heteroatoms. The Morgan fingerprint density at radius 1 is 1.47 bits per heavy atom. The molecular weight excluding hydrogens is 238 g/mol. The number of nitriles is 1. The summed E-state index contributed by atoms with van der Waals surface area (Å²) in [5.74, 6) is 0.0316. The van der Waals surface area contributed by atoms with Crippen LogP contribution in [0.15, 0.2) is 18.2 Å². The van der Waals surface area contributed by atoms with Crippen molar-refractivity contribution in [2.24, 2.45) is 0 Å². The van der Waals surface area contributed by atoms with Crippen molar-refractivity contribution in [2.45, 2.75) is 32.2 Å². The number of nitrogens with zero attached hydrogens (tertiary/aromatic N) is 2. The smallest absolute Gasteiger partial charge is 0.242 e. The number of rotatable bonds is 2. The van der Waals surface area contributed by atoms with Crippen molar-refractivity contribution in [2.75, 3.05) is 18.5 Å². The number of nitrogens with one attached hydrogen (secondary N) is 1. The number of likely N-dealkylation sites (N-methyl/N-ethyl adjacent to an activating group) is 1. The Hall–Kier alpha value is -2.02. The fourth-order valence-electron chi connectivity index (χ4n) is 2.65. The number of carbonyl (C=O) groups excluding carboxylic acids is 1. The summed E-state index contributed by atoms with van der Waals surface area (Å²) < 4.78 is 0. The van der Waals surface area contributed by atoms with Crippen LogP contribution in [0.4, 0.5) is 5.69 Å². The molecule has 19 heavy (non-hydrogen) atoms. The molecule has 100 valence electrons. The quantitative estimate of drug-likeness (QED) is 0.881. The summed E-state index contributed by atoms with van der Waals surface area (Å²) in [5.41, 5.74) is 2.59. The molecule has 1 aliphatic heterocycles. The van der Waals surface area contributed by atoms with Crippen LogP contribution < -0.4 is 10.2 Å². The third-order valence-electron chi connectivity index (χ3n) is 3.63. The summed E-state index contributed by atoms with van der Waals surface area (Å²) in [4.78, 5) is 14.1. The van der Waals surface area contributed by atoms with E-state index in [1.165, 1.54) is 0 Å². The molecule has 1 heterocycles. The average Bonchev–Trinajstić information content (AvgIpc) is 2.46. The molecule has 1 fully saturated rings. The summed E-state index contributed by atoms with van der Waals surface area (Å²) >= 11 is 0. The molecule has 0 saturated carbocycles. The van der Waals surface area contributed by atoms with Crippen molar-refractivity contribution < 1.29 is 4.79 Å². The normalized spacial score (nSPS) is 18.8. The summed E-state index contributed by atoms with van der Waals surface area (Å²) in [7, 11) is 1.66. The van der Waals surface area contributed by atoms with Gasteiger partial charge in [0.05, 0.1) is 11.3 Å². The fourth-order valence-corrected chi connectivity index (χ4v) is 2.65. The molecule has 1 aliphatic rings. The van der Waals surface area contributed by atoms with E-state index in [9.17, 15) is 10.1 Å². The minimum Gasteiger partial charge on any atom is -0.358 e. The molecular formula is C15H19N3O. The van der Waals surface area contributed by atoms with Gasteiger partial charge in [-0.2, -0.15) is 5.26 Å². The second-order valence-corrected chi connectivity index (χ2v) is 4.95. The number of hydrogen-bond acceptors (Lipinski definition) is 3. The van der Waals surface area contributed by atoms with Crippen LogP contribution in [0, 0.1) is 18.3 Å².